The van der Waals surface area contributed by atoms with Gasteiger partial charge in [0.15, 0.2) is 0 Å². The largest absolute Gasteiger partial charge is 0.481 e. The van der Waals surface area contributed by atoms with Gasteiger partial charge in [-0.25, -0.2) is 4.98 Å². The first-order valence-corrected chi connectivity index (χ1v) is 9.46. The summed E-state index contributed by atoms with van der Waals surface area (Å²) in [6.07, 6.45) is -0.0168. The average Bonchev–Trinajstić information content (AvgIpc) is 3.15. The molecule has 0 saturated carbocycles. The Kier molecular flexibility index (Phi) is 4.81. The van der Waals surface area contributed by atoms with Crippen LogP contribution in [-0.4, -0.2) is 16.1 Å². The molecule has 0 saturated heterocycles. The lowest BCUT2D eigenvalue weighted by atomic mass is 10.0. The maximum atomic E-state index is 11.3. The van der Waals surface area contributed by atoms with Crippen LogP contribution in [0.4, 0.5) is 0 Å². The van der Waals surface area contributed by atoms with Crippen LogP contribution in [0.25, 0.3) is 32.3 Å². The molecule has 0 aliphatic carbocycles. The summed E-state index contributed by atoms with van der Waals surface area (Å²) in [6, 6.07) is 27.9. The number of thiazole rings is 1. The van der Waals surface area contributed by atoms with Crippen LogP contribution in [0.1, 0.15) is 5.56 Å². The second kappa shape index (κ2) is 7.56. The summed E-state index contributed by atoms with van der Waals surface area (Å²) in [7, 11) is 0. The molecule has 27 heavy (non-hydrogen) atoms. The smallest absolute Gasteiger partial charge is 0.307 e. The van der Waals surface area contributed by atoms with Crippen LogP contribution in [0.5, 0.6) is 0 Å². The molecule has 0 unspecified atom stereocenters. The number of rotatable bonds is 5. The third-order valence-electron chi connectivity index (χ3n) is 4.30. The van der Waals surface area contributed by atoms with E-state index in [0.717, 1.165) is 37.8 Å². The molecule has 3 aromatic carbocycles. The van der Waals surface area contributed by atoms with E-state index in [1.54, 1.807) is 11.3 Å². The van der Waals surface area contributed by atoms with Crippen molar-refractivity contribution in [2.75, 3.05) is 0 Å². The molecule has 0 amide bonds. The highest BCUT2D eigenvalue weighted by Gasteiger charge is 2.18. The number of carbonyl (C=O) groups is 1. The van der Waals surface area contributed by atoms with Crippen LogP contribution in [0.3, 0.4) is 0 Å². The van der Waals surface area contributed by atoms with E-state index in [2.05, 4.69) is 24.3 Å². The molecular weight excluding hydrogens is 354 g/mol. The van der Waals surface area contributed by atoms with Crippen LogP contribution in [0.15, 0.2) is 84.9 Å². The van der Waals surface area contributed by atoms with Gasteiger partial charge in [-0.05, 0) is 11.1 Å². The van der Waals surface area contributed by atoms with Crippen molar-refractivity contribution in [1.29, 1.82) is 0 Å². The van der Waals surface area contributed by atoms with Gasteiger partial charge in [0.1, 0.15) is 5.01 Å². The molecule has 0 aliphatic heterocycles. The first-order chi connectivity index (χ1) is 13.2. The van der Waals surface area contributed by atoms with E-state index in [1.165, 1.54) is 0 Å². The van der Waals surface area contributed by atoms with Gasteiger partial charge in [-0.15, -0.1) is 11.3 Å². The minimum Gasteiger partial charge on any atom is -0.481 e. The lowest BCUT2D eigenvalue weighted by Crippen LogP contribution is -2.01. The van der Waals surface area contributed by atoms with E-state index >= 15 is 0 Å². The molecule has 4 aromatic rings. The van der Waals surface area contributed by atoms with E-state index in [0.29, 0.717) is 0 Å². The Hall–Kier alpha value is -3.24. The van der Waals surface area contributed by atoms with Gasteiger partial charge in [-0.3, -0.25) is 4.79 Å². The zero-order valence-electron chi connectivity index (χ0n) is 14.5. The van der Waals surface area contributed by atoms with Crippen molar-refractivity contribution in [2.24, 2.45) is 0 Å². The van der Waals surface area contributed by atoms with Crippen molar-refractivity contribution in [1.82, 2.24) is 4.98 Å². The molecule has 4 rings (SSSR count). The maximum Gasteiger partial charge on any atom is 0.307 e. The number of hydrogen-bond donors (Lipinski definition) is 1. The SMILES string of the molecule is O=C(O)Cc1ccccc1-c1nc(-c2ccccc2)c(-c2ccccc2)s1. The highest BCUT2D eigenvalue weighted by atomic mass is 32.1. The first kappa shape index (κ1) is 17.2. The van der Waals surface area contributed by atoms with E-state index in [4.69, 9.17) is 4.98 Å². The summed E-state index contributed by atoms with van der Waals surface area (Å²) in [5.41, 5.74) is 4.74. The third kappa shape index (κ3) is 3.66. The van der Waals surface area contributed by atoms with Gasteiger partial charge >= 0.3 is 5.97 Å². The van der Waals surface area contributed by atoms with Crippen molar-refractivity contribution in [3.8, 4) is 32.3 Å². The van der Waals surface area contributed by atoms with Gasteiger partial charge in [0, 0.05) is 11.1 Å². The molecule has 4 heteroatoms. The standard InChI is InChI=1S/C23H17NO2S/c25-20(26)15-18-13-7-8-14-19(18)23-24-21(16-9-3-1-4-10-16)22(27-23)17-11-5-2-6-12-17/h1-14H,15H2,(H,25,26). The lowest BCUT2D eigenvalue weighted by Gasteiger charge is -2.04. The number of carboxylic acids is 1. The third-order valence-corrected chi connectivity index (χ3v) is 5.44. The maximum absolute atomic E-state index is 11.3. The zero-order valence-corrected chi connectivity index (χ0v) is 15.3. The van der Waals surface area contributed by atoms with Crippen molar-refractivity contribution in [3.05, 3.63) is 90.5 Å². The molecule has 1 heterocycles. The van der Waals surface area contributed by atoms with Crippen molar-refractivity contribution >= 4 is 17.3 Å². The Labute approximate surface area is 161 Å². The Balaban J connectivity index is 1.90. The minimum absolute atomic E-state index is 0.0168. The minimum atomic E-state index is -0.842. The highest BCUT2D eigenvalue weighted by molar-refractivity contribution is 7.19. The Bertz CT molecular complexity index is 1020. The second-order valence-electron chi connectivity index (χ2n) is 6.16. The van der Waals surface area contributed by atoms with E-state index in [-0.39, 0.29) is 6.42 Å². The van der Waals surface area contributed by atoms with Gasteiger partial charge in [0.2, 0.25) is 0 Å². The summed E-state index contributed by atoms with van der Waals surface area (Å²) in [5, 5.41) is 10.1. The molecule has 3 nitrogen and oxygen atoms in total. The fourth-order valence-electron chi connectivity index (χ4n) is 3.06. The molecule has 1 aromatic heterocycles. The van der Waals surface area contributed by atoms with E-state index < -0.39 is 5.97 Å². The number of hydrogen-bond acceptors (Lipinski definition) is 3. The van der Waals surface area contributed by atoms with Crippen molar-refractivity contribution in [3.63, 3.8) is 0 Å². The summed E-state index contributed by atoms with van der Waals surface area (Å²) in [4.78, 5) is 17.3. The summed E-state index contributed by atoms with van der Waals surface area (Å²) < 4.78 is 0. The second-order valence-corrected chi connectivity index (χ2v) is 7.16. The Morgan fingerprint density at radius 3 is 2.07 bits per heavy atom. The van der Waals surface area contributed by atoms with Gasteiger partial charge in [-0.2, -0.15) is 0 Å². The molecule has 0 bridgehead atoms. The molecule has 0 radical (unpaired) electrons. The Morgan fingerprint density at radius 2 is 1.41 bits per heavy atom. The summed E-state index contributed by atoms with van der Waals surface area (Å²) in [6.45, 7) is 0. The molecule has 132 valence electrons. The normalized spacial score (nSPS) is 10.7. The molecule has 0 atom stereocenters. The van der Waals surface area contributed by atoms with Crippen LogP contribution < -0.4 is 0 Å². The van der Waals surface area contributed by atoms with E-state index in [9.17, 15) is 9.90 Å². The van der Waals surface area contributed by atoms with Crippen LogP contribution >= 0.6 is 11.3 Å². The summed E-state index contributed by atoms with van der Waals surface area (Å²) >= 11 is 1.60. The number of benzene rings is 3. The van der Waals surface area contributed by atoms with Gasteiger partial charge < -0.3 is 5.11 Å². The predicted molar refractivity (Wildman–Crippen MR) is 110 cm³/mol. The van der Waals surface area contributed by atoms with E-state index in [1.807, 2.05) is 60.7 Å². The van der Waals surface area contributed by atoms with Crippen LogP contribution in [0.2, 0.25) is 0 Å². The van der Waals surface area contributed by atoms with Crippen LogP contribution in [0, 0.1) is 0 Å². The molecule has 1 N–H and O–H groups in total. The van der Waals surface area contributed by atoms with Gasteiger partial charge in [-0.1, -0.05) is 84.9 Å². The van der Waals surface area contributed by atoms with Gasteiger partial charge in [0.05, 0.1) is 17.0 Å². The monoisotopic (exact) mass is 371 g/mol. The topological polar surface area (TPSA) is 50.2 Å². The lowest BCUT2D eigenvalue weighted by molar-refractivity contribution is -0.136. The molecule has 0 fully saturated rings. The number of aliphatic carboxylic acids is 1. The Morgan fingerprint density at radius 1 is 0.815 bits per heavy atom. The molecule has 0 spiro atoms. The zero-order chi connectivity index (χ0) is 18.6. The summed E-state index contributed by atoms with van der Waals surface area (Å²) in [5.74, 6) is -0.842. The number of carboxylic acid groups (broad SMARTS) is 1. The quantitative estimate of drug-likeness (QED) is 0.484. The average molecular weight is 371 g/mol. The predicted octanol–water partition coefficient (Wildman–Crippen LogP) is 5.77. The highest BCUT2D eigenvalue weighted by Crippen LogP contribution is 2.41. The number of nitrogens with zero attached hydrogens (tertiary/aromatic N) is 1. The molecule has 0 aliphatic rings. The van der Waals surface area contributed by atoms with Crippen molar-refractivity contribution in [2.45, 2.75) is 6.42 Å². The number of aromatic nitrogens is 1. The molecular formula is C23H17NO2S. The first-order valence-electron chi connectivity index (χ1n) is 8.64. The van der Waals surface area contributed by atoms with Crippen LogP contribution in [-0.2, 0) is 11.2 Å². The fraction of sp³-hybridized carbons (Fsp3) is 0.0435. The van der Waals surface area contributed by atoms with Gasteiger partial charge in [0.25, 0.3) is 0 Å². The van der Waals surface area contributed by atoms with Crippen molar-refractivity contribution < 1.29 is 9.90 Å². The fourth-order valence-corrected chi connectivity index (χ4v) is 4.21.